The Bertz CT molecular complexity index is 490. The molecule has 116 valence electrons. The molecule has 5 nitrogen and oxygen atoms in total. The Morgan fingerprint density at radius 1 is 1.48 bits per heavy atom. The van der Waals surface area contributed by atoms with Crippen LogP contribution in [0.4, 0.5) is 5.69 Å². The minimum Gasteiger partial charge on any atom is -0.495 e. The number of methoxy groups -OCH3 is 1. The van der Waals surface area contributed by atoms with E-state index in [9.17, 15) is 4.79 Å². The molecule has 0 spiro atoms. The van der Waals surface area contributed by atoms with Gasteiger partial charge in [-0.3, -0.25) is 9.69 Å². The third kappa shape index (κ3) is 4.59. The number of hydrogen-bond donors (Lipinski definition) is 2. The second-order valence-corrected chi connectivity index (χ2v) is 5.70. The van der Waals surface area contributed by atoms with Crippen LogP contribution in [-0.4, -0.2) is 50.6 Å². The minimum absolute atomic E-state index is 0.0303. The highest BCUT2D eigenvalue weighted by Crippen LogP contribution is 2.27. The molecule has 0 atom stereocenters. The topological polar surface area (TPSA) is 53.6 Å². The maximum atomic E-state index is 12.1. The van der Waals surface area contributed by atoms with Crippen LogP contribution in [0, 0.1) is 0 Å². The summed E-state index contributed by atoms with van der Waals surface area (Å²) in [5.41, 5.74) is 0.685. The zero-order chi connectivity index (χ0) is 15.2. The lowest BCUT2D eigenvalue weighted by molar-refractivity contribution is -0.117. The minimum atomic E-state index is -0.0303. The first-order valence-corrected chi connectivity index (χ1v) is 7.52. The number of carbonyl (C=O) groups is 1. The number of anilines is 1. The van der Waals surface area contributed by atoms with Gasteiger partial charge in [-0.25, -0.2) is 0 Å². The fraction of sp³-hybridized carbons (Fsp3) is 0.533. The van der Waals surface area contributed by atoms with Gasteiger partial charge in [0.25, 0.3) is 0 Å². The van der Waals surface area contributed by atoms with Gasteiger partial charge in [0.1, 0.15) is 5.75 Å². The van der Waals surface area contributed by atoms with Gasteiger partial charge < -0.3 is 15.4 Å². The highest BCUT2D eigenvalue weighted by molar-refractivity contribution is 6.32. The van der Waals surface area contributed by atoms with Crippen molar-refractivity contribution in [3.05, 3.63) is 23.2 Å². The van der Waals surface area contributed by atoms with E-state index in [1.807, 2.05) is 7.05 Å². The second kappa shape index (κ2) is 7.64. The molecule has 0 radical (unpaired) electrons. The molecule has 0 unspecified atom stereocenters. The molecule has 0 aromatic heterocycles. The Labute approximate surface area is 130 Å². The van der Waals surface area contributed by atoms with E-state index >= 15 is 0 Å². The fourth-order valence-electron chi connectivity index (χ4n) is 2.55. The molecular weight excluding hydrogens is 290 g/mol. The van der Waals surface area contributed by atoms with E-state index in [1.165, 1.54) is 0 Å². The monoisotopic (exact) mass is 311 g/mol. The third-order valence-electron chi connectivity index (χ3n) is 3.76. The fourth-order valence-corrected chi connectivity index (χ4v) is 2.81. The first-order chi connectivity index (χ1) is 10.1. The summed E-state index contributed by atoms with van der Waals surface area (Å²) in [6.07, 6.45) is 2.16. The van der Waals surface area contributed by atoms with Crippen molar-refractivity contribution >= 4 is 23.2 Å². The summed E-state index contributed by atoms with van der Waals surface area (Å²) in [7, 11) is 3.56. The smallest absolute Gasteiger partial charge is 0.238 e. The molecule has 1 aliphatic rings. The van der Waals surface area contributed by atoms with Crippen LogP contribution < -0.4 is 15.4 Å². The largest absolute Gasteiger partial charge is 0.495 e. The van der Waals surface area contributed by atoms with Gasteiger partial charge in [-0.05, 0) is 51.2 Å². The number of nitrogens with zero attached hydrogens (tertiary/aromatic N) is 1. The molecule has 2 N–H and O–H groups in total. The lowest BCUT2D eigenvalue weighted by atomic mass is 10.1. The summed E-state index contributed by atoms with van der Waals surface area (Å²) < 4.78 is 5.09. The van der Waals surface area contributed by atoms with Gasteiger partial charge in [-0.1, -0.05) is 11.6 Å². The molecule has 1 aromatic rings. The SMILES string of the molecule is COc1ccc(NC(=O)CN(C)C2CCNCC2)cc1Cl. The number of carbonyl (C=O) groups excluding carboxylic acids is 1. The molecule has 2 rings (SSSR count). The molecular formula is C15H22ClN3O2. The average molecular weight is 312 g/mol. The molecule has 0 aliphatic carbocycles. The average Bonchev–Trinajstić information content (AvgIpc) is 2.48. The van der Waals surface area contributed by atoms with Crippen LogP contribution in [0.15, 0.2) is 18.2 Å². The van der Waals surface area contributed by atoms with Gasteiger partial charge in [-0.2, -0.15) is 0 Å². The van der Waals surface area contributed by atoms with Gasteiger partial charge in [0, 0.05) is 11.7 Å². The number of piperidine rings is 1. The van der Waals surface area contributed by atoms with Gasteiger partial charge in [0.15, 0.2) is 0 Å². The number of ether oxygens (including phenoxy) is 1. The van der Waals surface area contributed by atoms with E-state index in [4.69, 9.17) is 16.3 Å². The van der Waals surface area contributed by atoms with Gasteiger partial charge in [0.05, 0.1) is 18.7 Å². The Kier molecular flexibility index (Phi) is 5.85. The van der Waals surface area contributed by atoms with E-state index in [0.29, 0.717) is 29.0 Å². The highest BCUT2D eigenvalue weighted by Gasteiger charge is 2.19. The first kappa shape index (κ1) is 16.1. The van der Waals surface area contributed by atoms with Crippen LogP contribution >= 0.6 is 11.6 Å². The zero-order valence-electron chi connectivity index (χ0n) is 12.5. The maximum absolute atomic E-state index is 12.1. The molecule has 1 fully saturated rings. The van der Waals surface area contributed by atoms with Crippen LogP contribution in [0.3, 0.4) is 0 Å². The van der Waals surface area contributed by atoms with Crippen LogP contribution in [0.2, 0.25) is 5.02 Å². The highest BCUT2D eigenvalue weighted by atomic mass is 35.5. The summed E-state index contributed by atoms with van der Waals surface area (Å²) in [6.45, 7) is 2.42. The van der Waals surface area contributed by atoms with Crippen molar-refractivity contribution in [3.8, 4) is 5.75 Å². The molecule has 1 amide bonds. The lowest BCUT2D eigenvalue weighted by Crippen LogP contribution is -2.44. The quantitative estimate of drug-likeness (QED) is 0.873. The van der Waals surface area contributed by atoms with Crippen molar-refractivity contribution < 1.29 is 9.53 Å². The number of halogens is 1. The van der Waals surface area contributed by atoms with Gasteiger partial charge >= 0.3 is 0 Å². The summed E-state index contributed by atoms with van der Waals surface area (Å²) >= 11 is 6.05. The van der Waals surface area contributed by atoms with Gasteiger partial charge in [-0.15, -0.1) is 0 Å². The van der Waals surface area contributed by atoms with Crippen LogP contribution in [0.5, 0.6) is 5.75 Å². The molecule has 21 heavy (non-hydrogen) atoms. The van der Waals surface area contributed by atoms with E-state index in [-0.39, 0.29) is 5.91 Å². The molecule has 1 heterocycles. The van der Waals surface area contributed by atoms with Crippen molar-refractivity contribution in [2.45, 2.75) is 18.9 Å². The Morgan fingerprint density at radius 2 is 2.19 bits per heavy atom. The number of rotatable bonds is 5. The normalized spacial score (nSPS) is 16.0. The van der Waals surface area contributed by atoms with E-state index in [0.717, 1.165) is 25.9 Å². The number of amides is 1. The van der Waals surface area contributed by atoms with Crippen LogP contribution in [-0.2, 0) is 4.79 Å². The molecule has 0 saturated carbocycles. The van der Waals surface area contributed by atoms with Crippen molar-refractivity contribution in [1.29, 1.82) is 0 Å². The van der Waals surface area contributed by atoms with Crippen molar-refractivity contribution in [1.82, 2.24) is 10.2 Å². The molecule has 1 aromatic carbocycles. The number of benzene rings is 1. The van der Waals surface area contributed by atoms with Crippen molar-refractivity contribution in [2.75, 3.05) is 39.1 Å². The number of nitrogens with one attached hydrogen (secondary N) is 2. The van der Waals surface area contributed by atoms with Crippen LogP contribution in [0.1, 0.15) is 12.8 Å². The number of hydrogen-bond acceptors (Lipinski definition) is 4. The van der Waals surface area contributed by atoms with Crippen molar-refractivity contribution in [3.63, 3.8) is 0 Å². The molecule has 1 saturated heterocycles. The zero-order valence-corrected chi connectivity index (χ0v) is 13.2. The molecule has 6 heteroatoms. The number of likely N-dealkylation sites (N-methyl/N-ethyl adjacent to an activating group) is 1. The van der Waals surface area contributed by atoms with E-state index in [1.54, 1.807) is 25.3 Å². The Morgan fingerprint density at radius 3 is 2.81 bits per heavy atom. The summed E-state index contributed by atoms with van der Waals surface area (Å²) in [5, 5.41) is 6.68. The Balaban J connectivity index is 1.87. The van der Waals surface area contributed by atoms with Crippen molar-refractivity contribution in [2.24, 2.45) is 0 Å². The van der Waals surface area contributed by atoms with Crippen LogP contribution in [0.25, 0.3) is 0 Å². The summed E-state index contributed by atoms with van der Waals surface area (Å²) in [5.74, 6) is 0.568. The summed E-state index contributed by atoms with van der Waals surface area (Å²) in [4.78, 5) is 14.2. The standard InChI is InChI=1S/C15H22ClN3O2/c1-19(12-5-7-17-8-6-12)10-15(20)18-11-3-4-14(21-2)13(16)9-11/h3-4,9,12,17H,5-8,10H2,1-2H3,(H,18,20). The summed E-state index contributed by atoms with van der Waals surface area (Å²) in [6, 6.07) is 5.70. The van der Waals surface area contributed by atoms with Gasteiger partial charge in [0.2, 0.25) is 5.91 Å². The second-order valence-electron chi connectivity index (χ2n) is 5.29. The molecule has 0 bridgehead atoms. The van der Waals surface area contributed by atoms with E-state index < -0.39 is 0 Å². The lowest BCUT2D eigenvalue weighted by Gasteiger charge is -2.31. The maximum Gasteiger partial charge on any atom is 0.238 e. The van der Waals surface area contributed by atoms with E-state index in [2.05, 4.69) is 15.5 Å². The predicted octanol–water partition coefficient (Wildman–Crippen LogP) is 1.97. The predicted molar refractivity (Wildman–Crippen MR) is 85.2 cm³/mol. The third-order valence-corrected chi connectivity index (χ3v) is 4.06. The molecule has 1 aliphatic heterocycles. The first-order valence-electron chi connectivity index (χ1n) is 7.14. The Hall–Kier alpha value is -1.30.